The van der Waals surface area contributed by atoms with Crippen molar-refractivity contribution in [2.24, 2.45) is 11.7 Å². The second kappa shape index (κ2) is 6.58. The number of nitrogens with two attached hydrogens (primary N) is 1. The highest BCUT2D eigenvalue weighted by atomic mass is 15.2. The van der Waals surface area contributed by atoms with Crippen molar-refractivity contribution in [1.82, 2.24) is 9.80 Å². The van der Waals surface area contributed by atoms with Crippen LogP contribution in [0.5, 0.6) is 0 Å². The molecule has 1 aliphatic rings. The Morgan fingerprint density at radius 2 is 1.88 bits per heavy atom. The second-order valence-electron chi connectivity index (χ2n) is 5.72. The number of nitrogens with zero attached hydrogens (tertiary/aromatic N) is 2. The average molecular weight is 227 g/mol. The first-order valence-corrected chi connectivity index (χ1v) is 6.65. The zero-order valence-corrected chi connectivity index (χ0v) is 11.4. The van der Waals surface area contributed by atoms with Gasteiger partial charge in [0.25, 0.3) is 0 Å². The van der Waals surface area contributed by atoms with E-state index in [9.17, 15) is 0 Å². The van der Waals surface area contributed by atoms with E-state index in [0.717, 1.165) is 18.5 Å². The lowest BCUT2D eigenvalue weighted by molar-refractivity contribution is 0.0998. The molecule has 1 atom stereocenters. The quantitative estimate of drug-likeness (QED) is 0.770. The summed E-state index contributed by atoms with van der Waals surface area (Å²) in [5, 5.41) is 0. The number of likely N-dealkylation sites (tertiary alicyclic amines) is 1. The van der Waals surface area contributed by atoms with E-state index >= 15 is 0 Å². The van der Waals surface area contributed by atoms with Crippen LogP contribution in [0.1, 0.15) is 33.1 Å². The molecule has 0 aromatic carbocycles. The number of likely N-dealkylation sites (N-methyl/N-ethyl adjacent to an activating group) is 1. The molecule has 0 bridgehead atoms. The van der Waals surface area contributed by atoms with Crippen LogP contribution in [0.15, 0.2) is 0 Å². The predicted molar refractivity (Wildman–Crippen MR) is 70.6 cm³/mol. The van der Waals surface area contributed by atoms with Gasteiger partial charge in [0, 0.05) is 18.6 Å². The fraction of sp³-hybridized carbons (Fsp3) is 1.00. The fourth-order valence-corrected chi connectivity index (χ4v) is 2.67. The van der Waals surface area contributed by atoms with Gasteiger partial charge in [0.15, 0.2) is 0 Å². The fourth-order valence-electron chi connectivity index (χ4n) is 2.67. The molecular formula is C13H29N3. The molecule has 1 fully saturated rings. The molecule has 1 rings (SSSR count). The van der Waals surface area contributed by atoms with Gasteiger partial charge >= 0.3 is 0 Å². The number of rotatable bonds is 5. The standard InChI is InChI=1S/C13H29N3/c1-11(2)9-13(10-14)16(4)12-5-7-15(3)8-6-12/h11-13H,5-10,14H2,1-4H3. The van der Waals surface area contributed by atoms with Crippen molar-refractivity contribution >= 4 is 0 Å². The first kappa shape index (κ1) is 13.9. The number of hydrogen-bond acceptors (Lipinski definition) is 3. The van der Waals surface area contributed by atoms with Crippen LogP contribution >= 0.6 is 0 Å². The molecule has 0 aromatic heterocycles. The van der Waals surface area contributed by atoms with Gasteiger partial charge in [0.05, 0.1) is 0 Å². The molecule has 1 unspecified atom stereocenters. The van der Waals surface area contributed by atoms with E-state index in [4.69, 9.17) is 5.73 Å². The molecule has 1 aliphatic heterocycles. The van der Waals surface area contributed by atoms with Crippen LogP contribution in [0.25, 0.3) is 0 Å². The zero-order valence-electron chi connectivity index (χ0n) is 11.4. The van der Waals surface area contributed by atoms with Gasteiger partial charge in [-0.2, -0.15) is 0 Å². The van der Waals surface area contributed by atoms with E-state index in [1.807, 2.05) is 0 Å². The summed E-state index contributed by atoms with van der Waals surface area (Å²) in [6.07, 6.45) is 3.81. The van der Waals surface area contributed by atoms with E-state index in [1.54, 1.807) is 0 Å². The largest absolute Gasteiger partial charge is 0.329 e. The molecule has 0 aliphatic carbocycles. The van der Waals surface area contributed by atoms with Gasteiger partial charge in [-0.3, -0.25) is 4.90 Å². The lowest BCUT2D eigenvalue weighted by Crippen LogP contribution is -2.49. The van der Waals surface area contributed by atoms with E-state index in [2.05, 4.69) is 37.7 Å². The van der Waals surface area contributed by atoms with Gasteiger partial charge in [-0.1, -0.05) is 13.8 Å². The first-order chi connectivity index (χ1) is 7.54. The third-order valence-corrected chi connectivity index (χ3v) is 3.86. The summed E-state index contributed by atoms with van der Waals surface area (Å²) >= 11 is 0. The molecule has 96 valence electrons. The lowest BCUT2D eigenvalue weighted by Gasteiger charge is -2.39. The Kier molecular flexibility index (Phi) is 5.73. The van der Waals surface area contributed by atoms with Gasteiger partial charge in [-0.15, -0.1) is 0 Å². The SMILES string of the molecule is CC(C)CC(CN)N(C)C1CCN(C)CC1. The summed E-state index contributed by atoms with van der Waals surface area (Å²) in [5.74, 6) is 0.738. The van der Waals surface area contributed by atoms with Crippen LogP contribution in [0.3, 0.4) is 0 Å². The van der Waals surface area contributed by atoms with E-state index in [-0.39, 0.29) is 0 Å². The maximum atomic E-state index is 5.90. The van der Waals surface area contributed by atoms with Crippen LogP contribution < -0.4 is 5.73 Å². The van der Waals surface area contributed by atoms with Gasteiger partial charge in [0.2, 0.25) is 0 Å². The monoisotopic (exact) mass is 227 g/mol. The maximum absolute atomic E-state index is 5.90. The molecular weight excluding hydrogens is 198 g/mol. The second-order valence-corrected chi connectivity index (χ2v) is 5.72. The number of piperidine rings is 1. The Morgan fingerprint density at radius 1 is 1.31 bits per heavy atom. The minimum absolute atomic E-state index is 0.563. The van der Waals surface area contributed by atoms with Crippen molar-refractivity contribution in [2.45, 2.75) is 45.2 Å². The van der Waals surface area contributed by atoms with Crippen molar-refractivity contribution in [3.05, 3.63) is 0 Å². The molecule has 3 heteroatoms. The third kappa shape index (κ3) is 4.04. The van der Waals surface area contributed by atoms with Crippen molar-refractivity contribution in [3.63, 3.8) is 0 Å². The molecule has 1 heterocycles. The van der Waals surface area contributed by atoms with Gasteiger partial charge in [-0.25, -0.2) is 0 Å². The normalized spacial score (nSPS) is 21.9. The van der Waals surface area contributed by atoms with Crippen LogP contribution in [0, 0.1) is 5.92 Å². The van der Waals surface area contributed by atoms with Crippen molar-refractivity contribution < 1.29 is 0 Å². The topological polar surface area (TPSA) is 32.5 Å². The molecule has 1 saturated heterocycles. The summed E-state index contributed by atoms with van der Waals surface area (Å²) in [4.78, 5) is 4.96. The summed E-state index contributed by atoms with van der Waals surface area (Å²) in [6.45, 7) is 7.82. The highest BCUT2D eigenvalue weighted by Crippen LogP contribution is 2.19. The van der Waals surface area contributed by atoms with Crippen molar-refractivity contribution in [2.75, 3.05) is 33.7 Å². The summed E-state index contributed by atoms with van der Waals surface area (Å²) in [7, 11) is 4.47. The van der Waals surface area contributed by atoms with Gasteiger partial charge < -0.3 is 10.6 Å². The summed E-state index contributed by atoms with van der Waals surface area (Å²) in [5.41, 5.74) is 5.90. The third-order valence-electron chi connectivity index (χ3n) is 3.86. The molecule has 0 amide bonds. The molecule has 0 aromatic rings. The molecule has 3 nitrogen and oxygen atoms in total. The smallest absolute Gasteiger partial charge is 0.0220 e. The van der Waals surface area contributed by atoms with Crippen molar-refractivity contribution in [1.29, 1.82) is 0 Å². The number of hydrogen-bond donors (Lipinski definition) is 1. The molecule has 16 heavy (non-hydrogen) atoms. The molecule has 2 N–H and O–H groups in total. The zero-order chi connectivity index (χ0) is 12.1. The van der Waals surface area contributed by atoms with E-state index in [0.29, 0.717) is 6.04 Å². The minimum atomic E-state index is 0.563. The first-order valence-electron chi connectivity index (χ1n) is 6.65. The Morgan fingerprint density at radius 3 is 2.31 bits per heavy atom. The average Bonchev–Trinajstić information content (AvgIpc) is 2.25. The van der Waals surface area contributed by atoms with Crippen LogP contribution in [-0.2, 0) is 0 Å². The van der Waals surface area contributed by atoms with Crippen LogP contribution in [0.2, 0.25) is 0 Å². The maximum Gasteiger partial charge on any atom is 0.0220 e. The van der Waals surface area contributed by atoms with Crippen LogP contribution in [0.4, 0.5) is 0 Å². The van der Waals surface area contributed by atoms with Gasteiger partial charge in [0.1, 0.15) is 0 Å². The van der Waals surface area contributed by atoms with Crippen LogP contribution in [-0.4, -0.2) is 55.6 Å². The Labute approximate surface area is 101 Å². The lowest BCUT2D eigenvalue weighted by atomic mass is 9.97. The van der Waals surface area contributed by atoms with E-state index < -0.39 is 0 Å². The predicted octanol–water partition coefficient (Wildman–Crippen LogP) is 1.39. The molecule has 0 saturated carbocycles. The highest BCUT2D eigenvalue weighted by molar-refractivity contribution is 4.82. The van der Waals surface area contributed by atoms with Crippen molar-refractivity contribution in [3.8, 4) is 0 Å². The highest BCUT2D eigenvalue weighted by Gasteiger charge is 2.25. The molecule has 0 radical (unpaired) electrons. The Balaban J connectivity index is 2.44. The van der Waals surface area contributed by atoms with E-state index in [1.165, 1.54) is 32.4 Å². The molecule has 0 spiro atoms. The Bertz CT molecular complexity index is 186. The summed E-state index contributed by atoms with van der Waals surface area (Å²) in [6, 6.07) is 1.30. The Hall–Kier alpha value is -0.120. The van der Waals surface area contributed by atoms with Gasteiger partial charge in [-0.05, 0) is 52.4 Å². The minimum Gasteiger partial charge on any atom is -0.329 e. The summed E-state index contributed by atoms with van der Waals surface area (Å²) < 4.78 is 0.